The van der Waals surface area contributed by atoms with Crippen LogP contribution in [0.4, 0.5) is 0 Å². The summed E-state index contributed by atoms with van der Waals surface area (Å²) < 4.78 is 1.70. The molecule has 3 aromatic rings. The van der Waals surface area contributed by atoms with Gasteiger partial charge in [0.1, 0.15) is 11.6 Å². The summed E-state index contributed by atoms with van der Waals surface area (Å²) in [4.78, 5) is 19.6. The van der Waals surface area contributed by atoms with Crippen molar-refractivity contribution in [3.63, 3.8) is 0 Å². The second-order valence-electron chi connectivity index (χ2n) is 5.19. The Balaban J connectivity index is 2.09. The van der Waals surface area contributed by atoms with E-state index in [9.17, 15) is 4.79 Å². The molecule has 0 unspecified atom stereocenters. The highest BCUT2D eigenvalue weighted by Crippen LogP contribution is 2.10. The van der Waals surface area contributed by atoms with E-state index in [0.29, 0.717) is 17.8 Å². The normalized spacial score (nSPS) is 11.1. The fraction of sp³-hybridized carbons (Fsp3) is 0.312. The average molecular weight is 282 g/mol. The number of nitrogens with one attached hydrogen (secondary N) is 1. The number of hydrogen-bond donors (Lipinski definition) is 1. The quantitative estimate of drug-likeness (QED) is 0.798. The van der Waals surface area contributed by atoms with Crippen molar-refractivity contribution in [1.82, 2.24) is 19.6 Å². The number of aromatic amines is 1. The summed E-state index contributed by atoms with van der Waals surface area (Å²) in [7, 11) is 0. The second-order valence-corrected chi connectivity index (χ2v) is 5.19. The van der Waals surface area contributed by atoms with Gasteiger partial charge in [0.2, 0.25) is 0 Å². The van der Waals surface area contributed by atoms with E-state index in [1.807, 2.05) is 37.3 Å². The van der Waals surface area contributed by atoms with E-state index in [0.717, 1.165) is 29.9 Å². The molecule has 3 rings (SSSR count). The molecule has 0 saturated heterocycles. The van der Waals surface area contributed by atoms with Crippen molar-refractivity contribution in [2.75, 3.05) is 0 Å². The smallest absolute Gasteiger partial charge is 0.277 e. The van der Waals surface area contributed by atoms with Gasteiger partial charge in [-0.2, -0.15) is 5.10 Å². The van der Waals surface area contributed by atoms with Crippen molar-refractivity contribution in [3.05, 3.63) is 63.6 Å². The van der Waals surface area contributed by atoms with Crippen LogP contribution in [0.15, 0.2) is 35.1 Å². The summed E-state index contributed by atoms with van der Waals surface area (Å²) in [6.07, 6.45) is 2.39. The number of aromatic nitrogens is 4. The topological polar surface area (TPSA) is 63.0 Å². The van der Waals surface area contributed by atoms with Crippen molar-refractivity contribution in [2.45, 2.75) is 33.1 Å². The molecule has 2 heterocycles. The third kappa shape index (κ3) is 2.59. The van der Waals surface area contributed by atoms with Gasteiger partial charge >= 0.3 is 0 Å². The lowest BCUT2D eigenvalue weighted by molar-refractivity contribution is 0.735. The van der Waals surface area contributed by atoms with Crippen molar-refractivity contribution in [2.24, 2.45) is 0 Å². The first-order valence-electron chi connectivity index (χ1n) is 7.20. The summed E-state index contributed by atoms with van der Waals surface area (Å²) >= 11 is 0. The van der Waals surface area contributed by atoms with Gasteiger partial charge < -0.3 is 4.98 Å². The molecule has 0 spiro atoms. The molecule has 0 saturated carbocycles. The van der Waals surface area contributed by atoms with Crippen molar-refractivity contribution >= 4 is 5.52 Å². The van der Waals surface area contributed by atoms with Crippen LogP contribution in [-0.2, 0) is 12.8 Å². The summed E-state index contributed by atoms with van der Waals surface area (Å²) in [5.41, 5.74) is 2.28. The first kappa shape index (κ1) is 13.5. The molecule has 0 amide bonds. The number of aryl methyl sites for hydroxylation is 2. The van der Waals surface area contributed by atoms with Gasteiger partial charge in [0.25, 0.3) is 5.56 Å². The van der Waals surface area contributed by atoms with Crippen molar-refractivity contribution < 1.29 is 0 Å². The molecule has 5 heteroatoms. The molecule has 0 aliphatic heterocycles. The van der Waals surface area contributed by atoms with E-state index in [2.05, 4.69) is 22.0 Å². The van der Waals surface area contributed by atoms with Gasteiger partial charge in [-0.25, -0.2) is 9.50 Å². The minimum atomic E-state index is -0.122. The molecular weight excluding hydrogens is 264 g/mol. The lowest BCUT2D eigenvalue weighted by Gasteiger charge is -2.04. The monoisotopic (exact) mass is 282 g/mol. The molecule has 0 aliphatic carbocycles. The van der Waals surface area contributed by atoms with Crippen LogP contribution < -0.4 is 5.56 Å². The van der Waals surface area contributed by atoms with Gasteiger partial charge in [0.05, 0.1) is 5.69 Å². The third-order valence-electron chi connectivity index (χ3n) is 3.48. The lowest BCUT2D eigenvalue weighted by Crippen LogP contribution is -2.17. The van der Waals surface area contributed by atoms with Crippen LogP contribution in [0, 0.1) is 6.92 Å². The first-order chi connectivity index (χ1) is 10.2. The molecule has 1 aromatic carbocycles. The number of hydrogen-bond acceptors (Lipinski definition) is 3. The first-order valence-corrected chi connectivity index (χ1v) is 7.20. The molecule has 0 bridgehead atoms. The van der Waals surface area contributed by atoms with Gasteiger partial charge in [0.15, 0.2) is 5.52 Å². The highest BCUT2D eigenvalue weighted by atomic mass is 16.1. The molecule has 0 fully saturated rings. The molecule has 108 valence electrons. The molecule has 21 heavy (non-hydrogen) atoms. The Kier molecular flexibility index (Phi) is 3.56. The fourth-order valence-corrected chi connectivity index (χ4v) is 2.53. The van der Waals surface area contributed by atoms with E-state index in [1.54, 1.807) is 4.52 Å². The molecule has 0 atom stereocenters. The zero-order valence-electron chi connectivity index (χ0n) is 12.3. The molecule has 1 N–H and O–H groups in total. The highest BCUT2D eigenvalue weighted by Gasteiger charge is 2.13. The Labute approximate surface area is 122 Å². The van der Waals surface area contributed by atoms with E-state index < -0.39 is 0 Å². The summed E-state index contributed by atoms with van der Waals surface area (Å²) in [5.74, 6) is 1.51. The number of nitrogens with zero attached hydrogens (tertiary/aromatic N) is 3. The van der Waals surface area contributed by atoms with Gasteiger partial charge in [-0.15, -0.1) is 0 Å². The lowest BCUT2D eigenvalue weighted by atomic mass is 10.1. The largest absolute Gasteiger partial charge is 0.307 e. The summed E-state index contributed by atoms with van der Waals surface area (Å²) in [6.45, 7) is 3.94. The van der Waals surface area contributed by atoms with E-state index in [1.165, 1.54) is 0 Å². The number of imidazole rings is 1. The van der Waals surface area contributed by atoms with Crippen LogP contribution >= 0.6 is 0 Å². The maximum atomic E-state index is 12.3. The van der Waals surface area contributed by atoms with Crippen LogP contribution in [0.2, 0.25) is 0 Å². The van der Waals surface area contributed by atoms with Crippen LogP contribution in [0.1, 0.15) is 36.3 Å². The van der Waals surface area contributed by atoms with Gasteiger partial charge in [0, 0.05) is 12.8 Å². The standard InChI is InChI=1S/C16H18N4O/c1-3-7-14-17-11(2)15-16(21)18-13(19-20(14)15)10-12-8-5-4-6-9-12/h4-6,8-9H,3,7,10H2,1-2H3,(H,18,19,21). The Bertz CT molecular complexity index is 817. The van der Waals surface area contributed by atoms with Gasteiger partial charge in [-0.1, -0.05) is 37.3 Å². The van der Waals surface area contributed by atoms with Crippen LogP contribution in [-0.4, -0.2) is 19.6 Å². The van der Waals surface area contributed by atoms with E-state index in [-0.39, 0.29) is 5.56 Å². The van der Waals surface area contributed by atoms with Crippen molar-refractivity contribution in [1.29, 1.82) is 0 Å². The van der Waals surface area contributed by atoms with E-state index in [4.69, 9.17) is 0 Å². The van der Waals surface area contributed by atoms with Gasteiger partial charge in [-0.3, -0.25) is 4.79 Å². The van der Waals surface area contributed by atoms with Crippen LogP contribution in [0.5, 0.6) is 0 Å². The van der Waals surface area contributed by atoms with Crippen LogP contribution in [0.3, 0.4) is 0 Å². The summed E-state index contributed by atoms with van der Waals surface area (Å²) in [5, 5.41) is 4.57. The summed E-state index contributed by atoms with van der Waals surface area (Å²) in [6, 6.07) is 9.99. The maximum absolute atomic E-state index is 12.3. The van der Waals surface area contributed by atoms with Gasteiger partial charge in [-0.05, 0) is 18.9 Å². The number of fused-ring (bicyclic) bond motifs is 1. The molecule has 0 aliphatic rings. The third-order valence-corrected chi connectivity index (χ3v) is 3.48. The molecule has 2 aromatic heterocycles. The number of H-pyrrole nitrogens is 1. The zero-order valence-corrected chi connectivity index (χ0v) is 12.3. The predicted octanol–water partition coefficient (Wildman–Crippen LogP) is 2.27. The second kappa shape index (κ2) is 5.52. The fourth-order valence-electron chi connectivity index (χ4n) is 2.53. The highest BCUT2D eigenvalue weighted by molar-refractivity contribution is 5.49. The SMILES string of the molecule is CCCc1nc(C)c2c(=O)[nH]c(Cc3ccccc3)nn12. The molecular formula is C16H18N4O. The number of rotatable bonds is 4. The van der Waals surface area contributed by atoms with E-state index >= 15 is 0 Å². The molecule has 0 radical (unpaired) electrons. The molecule has 5 nitrogen and oxygen atoms in total. The minimum Gasteiger partial charge on any atom is -0.307 e. The minimum absolute atomic E-state index is 0.122. The average Bonchev–Trinajstić information content (AvgIpc) is 2.77. The van der Waals surface area contributed by atoms with Crippen molar-refractivity contribution in [3.8, 4) is 0 Å². The Morgan fingerprint density at radius 3 is 2.71 bits per heavy atom. The zero-order chi connectivity index (χ0) is 14.8. The number of benzene rings is 1. The van der Waals surface area contributed by atoms with Crippen LogP contribution in [0.25, 0.3) is 5.52 Å². The Morgan fingerprint density at radius 2 is 2.00 bits per heavy atom. The Morgan fingerprint density at radius 1 is 1.24 bits per heavy atom. The predicted molar refractivity (Wildman–Crippen MR) is 81.6 cm³/mol. The maximum Gasteiger partial charge on any atom is 0.277 e. The Hall–Kier alpha value is -2.43.